The average molecular weight is 227 g/mol. The predicted molar refractivity (Wildman–Crippen MR) is 69.4 cm³/mol. The van der Waals surface area contributed by atoms with Gasteiger partial charge in [-0.25, -0.2) is 0 Å². The monoisotopic (exact) mass is 227 g/mol. The molecule has 0 spiro atoms. The van der Waals surface area contributed by atoms with Crippen molar-refractivity contribution in [3.63, 3.8) is 0 Å². The fourth-order valence-corrected chi connectivity index (χ4v) is 2.92. The summed E-state index contributed by atoms with van der Waals surface area (Å²) in [4.78, 5) is 10.9. The number of hydrogen-bond donors (Lipinski definition) is 0. The van der Waals surface area contributed by atoms with E-state index in [1.165, 1.54) is 43.0 Å². The van der Waals surface area contributed by atoms with Crippen LogP contribution in [-0.2, 0) is 0 Å². The third-order valence-electron chi connectivity index (χ3n) is 3.85. The van der Waals surface area contributed by atoms with Gasteiger partial charge in [-0.15, -0.1) is 0 Å². The van der Waals surface area contributed by atoms with Gasteiger partial charge in [-0.3, -0.25) is 4.79 Å². The van der Waals surface area contributed by atoms with Crippen LogP contribution < -0.4 is 0 Å². The smallest absolute Gasteiger partial charge is 0.150 e. The molecule has 0 radical (unpaired) electrons. The Labute approximate surface area is 101 Å². The van der Waals surface area contributed by atoms with Gasteiger partial charge in [-0.05, 0) is 30.4 Å². The first-order valence-corrected chi connectivity index (χ1v) is 6.44. The maximum absolute atomic E-state index is 10.9. The Morgan fingerprint density at radius 2 is 1.94 bits per heavy atom. The van der Waals surface area contributed by atoms with E-state index in [9.17, 15) is 4.79 Å². The minimum atomic E-state index is 0.628. The third kappa shape index (κ3) is 1.88. The SMILES string of the molecule is O=Cc1ccc2ccn(C3CCCCC3)c2c1. The molecule has 1 aliphatic carbocycles. The molecule has 88 valence electrons. The van der Waals surface area contributed by atoms with Crippen LogP contribution in [0.5, 0.6) is 0 Å². The molecule has 1 saturated carbocycles. The van der Waals surface area contributed by atoms with Crippen molar-refractivity contribution in [1.82, 2.24) is 4.57 Å². The number of benzene rings is 1. The Morgan fingerprint density at radius 3 is 2.71 bits per heavy atom. The topological polar surface area (TPSA) is 22.0 Å². The summed E-state index contributed by atoms with van der Waals surface area (Å²) in [6.07, 6.45) is 9.68. The molecule has 2 heteroatoms. The molecule has 1 heterocycles. The Bertz CT molecular complexity index is 535. The molecule has 0 aliphatic heterocycles. The molecule has 0 amide bonds. The van der Waals surface area contributed by atoms with Gasteiger partial charge in [0, 0.05) is 23.3 Å². The van der Waals surface area contributed by atoms with Crippen LogP contribution in [0.25, 0.3) is 10.9 Å². The van der Waals surface area contributed by atoms with Crippen LogP contribution in [-0.4, -0.2) is 10.9 Å². The van der Waals surface area contributed by atoms with Crippen molar-refractivity contribution >= 4 is 17.2 Å². The van der Waals surface area contributed by atoms with Crippen LogP contribution >= 0.6 is 0 Å². The number of carbonyl (C=O) groups excluding carboxylic acids is 1. The minimum Gasteiger partial charge on any atom is -0.344 e. The molecule has 3 rings (SSSR count). The molecule has 17 heavy (non-hydrogen) atoms. The largest absolute Gasteiger partial charge is 0.344 e. The zero-order valence-electron chi connectivity index (χ0n) is 9.93. The number of aldehydes is 1. The second-order valence-corrected chi connectivity index (χ2v) is 4.95. The highest BCUT2D eigenvalue weighted by atomic mass is 16.1. The first-order chi connectivity index (χ1) is 8.38. The van der Waals surface area contributed by atoms with Gasteiger partial charge in [0.1, 0.15) is 6.29 Å². The van der Waals surface area contributed by atoms with Crippen LogP contribution in [0.15, 0.2) is 30.5 Å². The van der Waals surface area contributed by atoms with E-state index in [-0.39, 0.29) is 0 Å². The molecule has 0 saturated heterocycles. The maximum Gasteiger partial charge on any atom is 0.150 e. The van der Waals surface area contributed by atoms with E-state index in [1.54, 1.807) is 0 Å². The number of fused-ring (bicyclic) bond motifs is 1. The maximum atomic E-state index is 10.9. The zero-order chi connectivity index (χ0) is 11.7. The highest BCUT2D eigenvalue weighted by molar-refractivity contribution is 5.87. The molecule has 0 N–H and O–H groups in total. The van der Waals surface area contributed by atoms with E-state index in [1.807, 2.05) is 18.2 Å². The first kappa shape index (κ1) is 10.6. The number of aromatic nitrogens is 1. The molecule has 2 nitrogen and oxygen atoms in total. The summed E-state index contributed by atoms with van der Waals surface area (Å²) in [6, 6.07) is 8.72. The summed E-state index contributed by atoms with van der Waals surface area (Å²) < 4.78 is 2.36. The van der Waals surface area contributed by atoms with Crippen LogP contribution in [0.2, 0.25) is 0 Å². The minimum absolute atomic E-state index is 0.628. The number of rotatable bonds is 2. The number of carbonyl (C=O) groups is 1. The van der Waals surface area contributed by atoms with E-state index in [2.05, 4.69) is 16.8 Å². The van der Waals surface area contributed by atoms with Gasteiger partial charge in [-0.2, -0.15) is 0 Å². The molecule has 0 bridgehead atoms. The molecule has 1 aromatic heterocycles. The van der Waals surface area contributed by atoms with Crippen LogP contribution in [0, 0.1) is 0 Å². The van der Waals surface area contributed by atoms with E-state index in [0.29, 0.717) is 6.04 Å². The number of hydrogen-bond acceptors (Lipinski definition) is 1. The number of nitrogens with zero attached hydrogens (tertiary/aromatic N) is 1. The molecule has 1 fully saturated rings. The van der Waals surface area contributed by atoms with E-state index >= 15 is 0 Å². The lowest BCUT2D eigenvalue weighted by molar-refractivity contribution is 0.112. The molecule has 2 aromatic rings. The van der Waals surface area contributed by atoms with Gasteiger partial charge in [0.05, 0.1) is 0 Å². The Kier molecular flexibility index (Phi) is 2.71. The van der Waals surface area contributed by atoms with Crippen molar-refractivity contribution in [1.29, 1.82) is 0 Å². The Hall–Kier alpha value is -1.57. The van der Waals surface area contributed by atoms with E-state index < -0.39 is 0 Å². The second-order valence-electron chi connectivity index (χ2n) is 4.95. The highest BCUT2D eigenvalue weighted by Crippen LogP contribution is 2.31. The van der Waals surface area contributed by atoms with Gasteiger partial charge < -0.3 is 4.57 Å². The lowest BCUT2D eigenvalue weighted by Crippen LogP contribution is -2.11. The van der Waals surface area contributed by atoms with Gasteiger partial charge in [-0.1, -0.05) is 31.4 Å². The lowest BCUT2D eigenvalue weighted by atomic mass is 9.95. The summed E-state index contributed by atoms with van der Waals surface area (Å²) >= 11 is 0. The van der Waals surface area contributed by atoms with Crippen molar-refractivity contribution in [2.45, 2.75) is 38.1 Å². The first-order valence-electron chi connectivity index (χ1n) is 6.44. The molecule has 1 aliphatic rings. The molecular weight excluding hydrogens is 210 g/mol. The van der Waals surface area contributed by atoms with E-state index in [4.69, 9.17) is 0 Å². The van der Waals surface area contributed by atoms with Gasteiger partial charge in [0.15, 0.2) is 0 Å². The molecule has 0 unspecified atom stereocenters. The second kappa shape index (κ2) is 4.36. The zero-order valence-corrected chi connectivity index (χ0v) is 9.93. The lowest BCUT2D eigenvalue weighted by Gasteiger charge is -2.24. The average Bonchev–Trinajstić information content (AvgIpc) is 2.82. The summed E-state index contributed by atoms with van der Waals surface area (Å²) in [7, 11) is 0. The van der Waals surface area contributed by atoms with Crippen LogP contribution in [0.1, 0.15) is 48.5 Å². The quantitative estimate of drug-likeness (QED) is 0.712. The van der Waals surface area contributed by atoms with Crippen molar-refractivity contribution in [2.24, 2.45) is 0 Å². The molecule has 1 aromatic carbocycles. The fourth-order valence-electron chi connectivity index (χ4n) is 2.92. The van der Waals surface area contributed by atoms with Gasteiger partial charge in [0.2, 0.25) is 0 Å². The van der Waals surface area contributed by atoms with Crippen LogP contribution in [0.3, 0.4) is 0 Å². The van der Waals surface area contributed by atoms with Crippen molar-refractivity contribution in [3.8, 4) is 0 Å². The van der Waals surface area contributed by atoms with E-state index in [0.717, 1.165) is 11.8 Å². The fraction of sp³-hybridized carbons (Fsp3) is 0.400. The van der Waals surface area contributed by atoms with Crippen molar-refractivity contribution in [3.05, 3.63) is 36.0 Å². The van der Waals surface area contributed by atoms with Gasteiger partial charge >= 0.3 is 0 Å². The van der Waals surface area contributed by atoms with Crippen molar-refractivity contribution < 1.29 is 4.79 Å². The summed E-state index contributed by atoms with van der Waals surface area (Å²) in [5.74, 6) is 0. The molecule has 0 atom stereocenters. The standard InChI is InChI=1S/C15H17NO/c17-11-12-6-7-13-8-9-16(15(13)10-12)14-4-2-1-3-5-14/h6-11,14H,1-5H2. The van der Waals surface area contributed by atoms with Gasteiger partial charge in [0.25, 0.3) is 0 Å². The summed E-state index contributed by atoms with van der Waals surface area (Å²) in [5.41, 5.74) is 1.98. The molecular formula is C15H17NO. The third-order valence-corrected chi connectivity index (χ3v) is 3.85. The normalized spacial score (nSPS) is 17.4. The Balaban J connectivity index is 2.05. The summed E-state index contributed by atoms with van der Waals surface area (Å²) in [6.45, 7) is 0. The highest BCUT2D eigenvalue weighted by Gasteiger charge is 2.16. The Morgan fingerprint density at radius 1 is 1.12 bits per heavy atom. The van der Waals surface area contributed by atoms with Crippen molar-refractivity contribution in [2.75, 3.05) is 0 Å². The van der Waals surface area contributed by atoms with Crippen LogP contribution in [0.4, 0.5) is 0 Å². The predicted octanol–water partition coefficient (Wildman–Crippen LogP) is 3.96. The summed E-state index contributed by atoms with van der Waals surface area (Å²) in [5, 5.41) is 1.24.